The van der Waals surface area contributed by atoms with E-state index in [-0.39, 0.29) is 0 Å². The number of carbonyl (C=O) groups excluding carboxylic acids is 1. The summed E-state index contributed by atoms with van der Waals surface area (Å²) in [6, 6.07) is 5.68. The molecular weight excluding hydrogens is 254 g/mol. The highest BCUT2D eigenvalue weighted by molar-refractivity contribution is 5.76. The fourth-order valence-corrected chi connectivity index (χ4v) is 2.31. The molecule has 1 saturated carbocycles. The van der Waals surface area contributed by atoms with E-state index < -0.39 is 0 Å². The first-order valence-corrected chi connectivity index (χ1v) is 6.49. The van der Waals surface area contributed by atoms with E-state index in [0.29, 0.717) is 24.0 Å². The molecule has 0 spiro atoms. The quantitative estimate of drug-likeness (QED) is 0.684. The molecule has 0 saturated heterocycles. The molecule has 3 rings (SSSR count). The number of rotatable bonds is 4. The van der Waals surface area contributed by atoms with Crippen LogP contribution in [0.2, 0.25) is 0 Å². The summed E-state index contributed by atoms with van der Waals surface area (Å²) >= 11 is 0. The number of hydrogen-bond acceptors (Lipinski definition) is 4. The first-order chi connectivity index (χ1) is 9.67. The lowest BCUT2D eigenvalue weighted by atomic mass is 9.81. The molecule has 5 heteroatoms. The Bertz CT molecular complexity index is 668. The maximum atomic E-state index is 10.6. The Kier molecular flexibility index (Phi) is 3.10. The molecule has 1 N–H and O–H groups in total. The summed E-state index contributed by atoms with van der Waals surface area (Å²) < 4.78 is 5.31. The van der Waals surface area contributed by atoms with Gasteiger partial charge in [0.1, 0.15) is 0 Å². The number of benzene rings is 1. The second-order valence-corrected chi connectivity index (χ2v) is 5.10. The molecular formula is C15H15N3O2. The Labute approximate surface area is 116 Å². The summed E-state index contributed by atoms with van der Waals surface area (Å²) in [6.07, 6.45) is 2.51. The molecule has 102 valence electrons. The predicted molar refractivity (Wildman–Crippen MR) is 75.3 cm³/mol. The van der Waals surface area contributed by atoms with Crippen molar-refractivity contribution in [3.8, 4) is 11.4 Å². The summed E-state index contributed by atoms with van der Waals surface area (Å²) in [5.41, 5.74) is 3.79. The number of aryl methyl sites for hydroxylation is 1. The summed E-state index contributed by atoms with van der Waals surface area (Å²) in [6.45, 7) is 5.84. The molecule has 2 aromatic rings. The molecule has 0 atom stereocenters. The van der Waals surface area contributed by atoms with Gasteiger partial charge in [-0.05, 0) is 31.4 Å². The molecule has 1 aliphatic carbocycles. The van der Waals surface area contributed by atoms with E-state index in [0.717, 1.165) is 29.7 Å². The third kappa shape index (κ3) is 2.22. The third-order valence-corrected chi connectivity index (χ3v) is 3.57. The van der Waals surface area contributed by atoms with E-state index in [1.807, 2.05) is 25.1 Å². The van der Waals surface area contributed by atoms with Crippen LogP contribution in [0.1, 0.15) is 30.2 Å². The molecule has 0 bridgehead atoms. The highest BCUT2D eigenvalue weighted by Crippen LogP contribution is 2.39. The van der Waals surface area contributed by atoms with Gasteiger partial charge in [-0.25, -0.2) is 0 Å². The Morgan fingerprint density at radius 1 is 1.45 bits per heavy atom. The average Bonchev–Trinajstić information content (AvgIpc) is 2.87. The van der Waals surface area contributed by atoms with Crippen LogP contribution in [-0.2, 0) is 4.79 Å². The predicted octanol–water partition coefficient (Wildman–Crippen LogP) is 3.05. The van der Waals surface area contributed by atoms with E-state index in [4.69, 9.17) is 4.52 Å². The van der Waals surface area contributed by atoms with E-state index in [9.17, 15) is 4.79 Å². The van der Waals surface area contributed by atoms with Crippen molar-refractivity contribution in [2.45, 2.75) is 25.7 Å². The van der Waals surface area contributed by atoms with E-state index in [1.54, 1.807) is 0 Å². The van der Waals surface area contributed by atoms with Gasteiger partial charge in [0.2, 0.25) is 18.1 Å². The zero-order valence-corrected chi connectivity index (χ0v) is 11.2. The SMILES string of the molecule is C=C1CC(c2nc(-c3ccc(C)c(NC=O)c3)no2)C1. The highest BCUT2D eigenvalue weighted by Gasteiger charge is 2.28. The highest BCUT2D eigenvalue weighted by atomic mass is 16.5. The Hall–Kier alpha value is -2.43. The fraction of sp³-hybridized carbons (Fsp3) is 0.267. The van der Waals surface area contributed by atoms with Gasteiger partial charge >= 0.3 is 0 Å². The van der Waals surface area contributed by atoms with Crippen molar-refractivity contribution in [1.82, 2.24) is 10.1 Å². The maximum Gasteiger partial charge on any atom is 0.230 e. The minimum Gasteiger partial charge on any atom is -0.339 e. The van der Waals surface area contributed by atoms with Crippen LogP contribution in [0.25, 0.3) is 11.4 Å². The molecule has 0 unspecified atom stereocenters. The number of amides is 1. The lowest BCUT2D eigenvalue weighted by molar-refractivity contribution is -0.105. The van der Waals surface area contributed by atoms with Crippen LogP contribution in [0.4, 0.5) is 5.69 Å². The van der Waals surface area contributed by atoms with Crippen molar-refractivity contribution < 1.29 is 9.32 Å². The summed E-state index contributed by atoms with van der Waals surface area (Å²) in [5, 5.41) is 6.68. The molecule has 1 heterocycles. The van der Waals surface area contributed by atoms with Gasteiger partial charge in [0, 0.05) is 17.2 Å². The van der Waals surface area contributed by atoms with Crippen LogP contribution in [-0.4, -0.2) is 16.6 Å². The molecule has 1 aromatic heterocycles. The first-order valence-electron chi connectivity index (χ1n) is 6.49. The van der Waals surface area contributed by atoms with Crippen molar-refractivity contribution in [3.05, 3.63) is 41.8 Å². The van der Waals surface area contributed by atoms with Crippen molar-refractivity contribution in [1.29, 1.82) is 0 Å². The molecule has 1 aliphatic rings. The van der Waals surface area contributed by atoms with Crippen molar-refractivity contribution >= 4 is 12.1 Å². The smallest absolute Gasteiger partial charge is 0.230 e. The standard InChI is InChI=1S/C15H15N3O2/c1-9-5-12(6-9)15-17-14(18-20-15)11-4-3-10(2)13(7-11)16-8-19/h3-4,7-8,12H,1,5-6H2,2H3,(H,16,19). The number of nitrogens with one attached hydrogen (secondary N) is 1. The van der Waals surface area contributed by atoms with Gasteiger partial charge in [-0.3, -0.25) is 4.79 Å². The van der Waals surface area contributed by atoms with Gasteiger partial charge in [0.25, 0.3) is 0 Å². The van der Waals surface area contributed by atoms with E-state index >= 15 is 0 Å². The van der Waals surface area contributed by atoms with Gasteiger partial charge in [0.15, 0.2) is 0 Å². The van der Waals surface area contributed by atoms with Crippen molar-refractivity contribution in [3.63, 3.8) is 0 Å². The summed E-state index contributed by atoms with van der Waals surface area (Å²) in [4.78, 5) is 15.0. The average molecular weight is 269 g/mol. The van der Waals surface area contributed by atoms with Gasteiger partial charge in [-0.15, -0.1) is 0 Å². The largest absolute Gasteiger partial charge is 0.339 e. The number of hydrogen-bond donors (Lipinski definition) is 1. The van der Waals surface area contributed by atoms with Crippen LogP contribution in [0.3, 0.4) is 0 Å². The maximum absolute atomic E-state index is 10.6. The monoisotopic (exact) mass is 269 g/mol. The zero-order valence-electron chi connectivity index (χ0n) is 11.2. The number of allylic oxidation sites excluding steroid dienone is 1. The zero-order chi connectivity index (χ0) is 14.1. The third-order valence-electron chi connectivity index (χ3n) is 3.57. The second kappa shape index (κ2) is 4.92. The van der Waals surface area contributed by atoms with Crippen molar-refractivity contribution in [2.24, 2.45) is 0 Å². The molecule has 20 heavy (non-hydrogen) atoms. The topological polar surface area (TPSA) is 68.0 Å². The molecule has 1 aromatic carbocycles. The Morgan fingerprint density at radius 3 is 2.95 bits per heavy atom. The van der Waals surface area contributed by atoms with Gasteiger partial charge in [-0.1, -0.05) is 29.4 Å². The summed E-state index contributed by atoms with van der Waals surface area (Å²) in [5.74, 6) is 1.52. The van der Waals surface area contributed by atoms with E-state index in [1.165, 1.54) is 5.57 Å². The van der Waals surface area contributed by atoms with Gasteiger partial charge in [0.05, 0.1) is 0 Å². The Balaban J connectivity index is 1.87. The van der Waals surface area contributed by atoms with E-state index in [2.05, 4.69) is 22.0 Å². The van der Waals surface area contributed by atoms with Crippen LogP contribution in [0.15, 0.2) is 34.9 Å². The number of nitrogens with zero attached hydrogens (tertiary/aromatic N) is 2. The van der Waals surface area contributed by atoms with Gasteiger partial charge < -0.3 is 9.84 Å². The molecule has 5 nitrogen and oxygen atoms in total. The molecule has 1 amide bonds. The molecule has 1 fully saturated rings. The van der Waals surface area contributed by atoms with Crippen LogP contribution < -0.4 is 5.32 Å². The minimum absolute atomic E-state index is 0.307. The van der Waals surface area contributed by atoms with Crippen LogP contribution >= 0.6 is 0 Å². The Morgan fingerprint density at radius 2 is 2.25 bits per heavy atom. The number of anilines is 1. The number of carbonyl (C=O) groups is 1. The number of aromatic nitrogens is 2. The lowest BCUT2D eigenvalue weighted by Crippen LogP contribution is -2.11. The minimum atomic E-state index is 0.307. The van der Waals surface area contributed by atoms with Crippen LogP contribution in [0.5, 0.6) is 0 Å². The fourth-order valence-electron chi connectivity index (χ4n) is 2.31. The second-order valence-electron chi connectivity index (χ2n) is 5.10. The van der Waals surface area contributed by atoms with Crippen LogP contribution in [0, 0.1) is 6.92 Å². The normalized spacial score (nSPS) is 14.9. The summed E-state index contributed by atoms with van der Waals surface area (Å²) in [7, 11) is 0. The molecule has 0 radical (unpaired) electrons. The lowest BCUT2D eigenvalue weighted by Gasteiger charge is -2.24. The van der Waals surface area contributed by atoms with Gasteiger partial charge in [-0.2, -0.15) is 4.98 Å². The first kappa shape index (κ1) is 12.6. The van der Waals surface area contributed by atoms with Crippen molar-refractivity contribution in [2.75, 3.05) is 5.32 Å². The molecule has 0 aliphatic heterocycles.